The summed E-state index contributed by atoms with van der Waals surface area (Å²) in [6.07, 6.45) is 1.99. The molecule has 0 saturated carbocycles. The number of thioether (sulfide) groups is 2. The number of aromatic nitrogens is 4. The Bertz CT molecular complexity index is 886. The van der Waals surface area contributed by atoms with Crippen LogP contribution in [-0.2, 0) is 4.79 Å². The van der Waals surface area contributed by atoms with Crippen LogP contribution < -0.4 is 5.32 Å². The van der Waals surface area contributed by atoms with Crippen molar-refractivity contribution in [2.45, 2.75) is 10.1 Å². The Kier molecular flexibility index (Phi) is 5.95. The van der Waals surface area contributed by atoms with Gasteiger partial charge in [0.2, 0.25) is 11.1 Å². The molecular weight excluding hydrogens is 378 g/mol. The molecular formula is C16H14ClN5OS2. The van der Waals surface area contributed by atoms with Crippen LogP contribution in [0.1, 0.15) is 0 Å². The van der Waals surface area contributed by atoms with Gasteiger partial charge in [-0.2, -0.15) is 4.68 Å². The van der Waals surface area contributed by atoms with E-state index in [4.69, 9.17) is 11.6 Å². The molecule has 0 aliphatic heterocycles. The van der Waals surface area contributed by atoms with E-state index in [0.29, 0.717) is 10.2 Å². The molecule has 3 aromatic rings. The summed E-state index contributed by atoms with van der Waals surface area (Å²) >= 11 is 8.89. The number of tetrazole rings is 1. The van der Waals surface area contributed by atoms with Crippen molar-refractivity contribution in [3.63, 3.8) is 0 Å². The number of hydrogen-bond acceptors (Lipinski definition) is 6. The number of nitrogens with zero attached hydrogens (tertiary/aromatic N) is 4. The summed E-state index contributed by atoms with van der Waals surface area (Å²) in [5.41, 5.74) is 1.51. The minimum atomic E-state index is -0.121. The Morgan fingerprint density at radius 2 is 2.08 bits per heavy atom. The minimum Gasteiger partial charge on any atom is -0.325 e. The zero-order valence-electron chi connectivity index (χ0n) is 13.2. The van der Waals surface area contributed by atoms with E-state index in [1.807, 2.05) is 42.7 Å². The van der Waals surface area contributed by atoms with E-state index in [9.17, 15) is 4.79 Å². The largest absolute Gasteiger partial charge is 0.325 e. The van der Waals surface area contributed by atoms with Crippen molar-refractivity contribution in [3.8, 4) is 5.69 Å². The van der Waals surface area contributed by atoms with Crippen LogP contribution in [0.2, 0.25) is 5.02 Å². The zero-order valence-corrected chi connectivity index (χ0v) is 15.6. The monoisotopic (exact) mass is 391 g/mol. The molecule has 0 atom stereocenters. The van der Waals surface area contributed by atoms with Crippen LogP contribution in [0.5, 0.6) is 0 Å². The third kappa shape index (κ3) is 4.75. The molecule has 0 bridgehead atoms. The number of rotatable bonds is 6. The van der Waals surface area contributed by atoms with Gasteiger partial charge in [-0.25, -0.2) is 0 Å². The van der Waals surface area contributed by atoms with E-state index in [1.54, 1.807) is 28.6 Å². The first-order valence-electron chi connectivity index (χ1n) is 7.27. The van der Waals surface area contributed by atoms with E-state index in [-0.39, 0.29) is 11.7 Å². The lowest BCUT2D eigenvalue weighted by molar-refractivity contribution is -0.113. The Labute approximate surface area is 158 Å². The van der Waals surface area contributed by atoms with Crippen LogP contribution in [0.4, 0.5) is 5.69 Å². The number of amides is 1. The van der Waals surface area contributed by atoms with E-state index >= 15 is 0 Å². The van der Waals surface area contributed by atoms with E-state index < -0.39 is 0 Å². The summed E-state index contributed by atoms with van der Waals surface area (Å²) in [7, 11) is 0. The summed E-state index contributed by atoms with van der Waals surface area (Å²) < 4.78 is 1.55. The van der Waals surface area contributed by atoms with Gasteiger partial charge in [0.25, 0.3) is 0 Å². The number of nitrogens with one attached hydrogen (secondary N) is 1. The molecule has 3 rings (SSSR count). The van der Waals surface area contributed by atoms with Gasteiger partial charge in [-0.3, -0.25) is 4.79 Å². The predicted molar refractivity (Wildman–Crippen MR) is 102 cm³/mol. The molecule has 0 fully saturated rings. The van der Waals surface area contributed by atoms with Gasteiger partial charge in [0.15, 0.2) is 0 Å². The SMILES string of the molecule is CSc1cccc(NC(=O)CSc2nnnn2-c2cccc(Cl)c2)c1. The molecule has 0 aliphatic rings. The molecule has 6 nitrogen and oxygen atoms in total. The lowest BCUT2D eigenvalue weighted by Gasteiger charge is -2.07. The lowest BCUT2D eigenvalue weighted by atomic mass is 10.3. The number of benzene rings is 2. The maximum Gasteiger partial charge on any atom is 0.234 e. The van der Waals surface area contributed by atoms with Crippen LogP contribution >= 0.6 is 35.1 Å². The number of anilines is 1. The van der Waals surface area contributed by atoms with Crippen molar-refractivity contribution in [1.29, 1.82) is 0 Å². The van der Waals surface area contributed by atoms with Gasteiger partial charge < -0.3 is 5.32 Å². The van der Waals surface area contributed by atoms with Crippen LogP contribution in [0.25, 0.3) is 5.69 Å². The summed E-state index contributed by atoms with van der Waals surface area (Å²) in [6, 6.07) is 14.9. The van der Waals surface area contributed by atoms with Crippen molar-refractivity contribution in [2.24, 2.45) is 0 Å². The quantitative estimate of drug-likeness (QED) is 0.645. The zero-order chi connectivity index (χ0) is 17.6. The molecule has 0 aliphatic carbocycles. The molecule has 0 spiro atoms. The fourth-order valence-corrected chi connectivity index (χ4v) is 3.40. The highest BCUT2D eigenvalue weighted by atomic mass is 35.5. The Morgan fingerprint density at radius 1 is 1.24 bits per heavy atom. The van der Waals surface area contributed by atoms with Crippen molar-refractivity contribution < 1.29 is 4.79 Å². The van der Waals surface area contributed by atoms with Crippen molar-refractivity contribution >= 4 is 46.7 Å². The van der Waals surface area contributed by atoms with E-state index in [0.717, 1.165) is 16.3 Å². The number of carbonyl (C=O) groups is 1. The second-order valence-electron chi connectivity index (χ2n) is 4.92. The van der Waals surface area contributed by atoms with Gasteiger partial charge >= 0.3 is 0 Å². The predicted octanol–water partition coefficient (Wildman–Crippen LogP) is 3.77. The van der Waals surface area contributed by atoms with Gasteiger partial charge in [0, 0.05) is 15.6 Å². The molecule has 0 radical (unpaired) electrons. The summed E-state index contributed by atoms with van der Waals surface area (Å²) in [6.45, 7) is 0. The van der Waals surface area contributed by atoms with Crippen molar-refractivity contribution in [1.82, 2.24) is 20.2 Å². The summed E-state index contributed by atoms with van der Waals surface area (Å²) in [5, 5.41) is 15.6. The number of hydrogen-bond donors (Lipinski definition) is 1. The molecule has 1 heterocycles. The highest BCUT2D eigenvalue weighted by Crippen LogP contribution is 2.22. The maximum atomic E-state index is 12.2. The second-order valence-corrected chi connectivity index (χ2v) is 7.18. The summed E-state index contributed by atoms with van der Waals surface area (Å²) in [4.78, 5) is 13.3. The van der Waals surface area contributed by atoms with Gasteiger partial charge in [-0.05, 0) is 53.1 Å². The first-order valence-corrected chi connectivity index (χ1v) is 9.85. The Morgan fingerprint density at radius 3 is 2.88 bits per heavy atom. The van der Waals surface area contributed by atoms with Crippen LogP contribution in [0.15, 0.2) is 58.6 Å². The third-order valence-corrected chi connectivity index (χ3v) is 5.06. The topological polar surface area (TPSA) is 72.7 Å². The van der Waals surface area contributed by atoms with Crippen molar-refractivity contribution in [3.05, 3.63) is 53.6 Å². The first kappa shape index (κ1) is 17.8. The third-order valence-electron chi connectivity index (χ3n) is 3.18. The number of carbonyl (C=O) groups excluding carboxylic acids is 1. The fourth-order valence-electron chi connectivity index (χ4n) is 2.07. The Balaban J connectivity index is 1.64. The average molecular weight is 392 g/mol. The highest BCUT2D eigenvalue weighted by Gasteiger charge is 2.12. The molecule has 25 heavy (non-hydrogen) atoms. The van der Waals surface area contributed by atoms with Gasteiger partial charge in [0.05, 0.1) is 11.4 Å². The van der Waals surface area contributed by atoms with Crippen LogP contribution in [0, 0.1) is 0 Å². The van der Waals surface area contributed by atoms with E-state index in [1.165, 1.54) is 11.8 Å². The molecule has 0 saturated heterocycles. The molecule has 128 valence electrons. The average Bonchev–Trinajstić information content (AvgIpc) is 3.09. The molecule has 2 aromatic carbocycles. The van der Waals surface area contributed by atoms with Gasteiger partial charge in [-0.15, -0.1) is 16.9 Å². The normalized spacial score (nSPS) is 10.6. The maximum absolute atomic E-state index is 12.2. The standard InChI is InChI=1S/C16H14ClN5OS2/c1-24-14-7-3-5-12(9-14)18-15(23)10-25-16-19-20-21-22(16)13-6-2-4-11(17)8-13/h2-9H,10H2,1H3,(H,18,23). The minimum absolute atomic E-state index is 0.121. The smallest absolute Gasteiger partial charge is 0.234 e. The molecule has 1 aromatic heterocycles. The highest BCUT2D eigenvalue weighted by molar-refractivity contribution is 7.99. The van der Waals surface area contributed by atoms with Gasteiger partial charge in [0.1, 0.15) is 0 Å². The summed E-state index contributed by atoms with van der Waals surface area (Å²) in [5.74, 6) is 0.0775. The fraction of sp³-hybridized carbons (Fsp3) is 0.125. The molecule has 1 N–H and O–H groups in total. The lowest BCUT2D eigenvalue weighted by Crippen LogP contribution is -2.14. The first-order chi connectivity index (χ1) is 12.2. The second kappa shape index (κ2) is 8.37. The van der Waals surface area contributed by atoms with Crippen LogP contribution in [0.3, 0.4) is 0 Å². The molecule has 0 unspecified atom stereocenters. The molecule has 1 amide bonds. The van der Waals surface area contributed by atoms with E-state index in [2.05, 4.69) is 20.8 Å². The van der Waals surface area contributed by atoms with Crippen molar-refractivity contribution in [2.75, 3.05) is 17.3 Å². The Hall–Kier alpha value is -2.03. The van der Waals surface area contributed by atoms with Crippen LogP contribution in [-0.4, -0.2) is 38.1 Å². The number of halogens is 1. The molecule has 9 heteroatoms. The van der Waals surface area contributed by atoms with Gasteiger partial charge in [-0.1, -0.05) is 35.5 Å².